The van der Waals surface area contributed by atoms with Gasteiger partial charge in [-0.05, 0) is 13.3 Å². The monoisotopic (exact) mass is 152 g/mol. The van der Waals surface area contributed by atoms with Crippen LogP contribution in [0.15, 0.2) is 22.9 Å². The maximum Gasteiger partial charge on any atom is 0.0728 e. The first-order valence-corrected chi connectivity index (χ1v) is 7.37. The molecule has 0 atom stereocenters. The largest absolute Gasteiger partial charge is 0.0771 e. The minimum Gasteiger partial charge on any atom is -0.0771 e. The standard InChI is InChI=1S/C9H16Si/c1-8-5-6-9(7-8)10(2,3)4/h5-6H,7H2,1-4H3. The minimum absolute atomic E-state index is 0.957. The van der Waals surface area contributed by atoms with Crippen LogP contribution in [0.1, 0.15) is 13.3 Å². The lowest BCUT2D eigenvalue weighted by Gasteiger charge is -2.17. The van der Waals surface area contributed by atoms with Gasteiger partial charge in [0.15, 0.2) is 0 Å². The van der Waals surface area contributed by atoms with E-state index in [0.717, 1.165) is 0 Å². The highest BCUT2D eigenvalue weighted by atomic mass is 28.3. The smallest absolute Gasteiger partial charge is 0.0728 e. The predicted molar refractivity (Wildman–Crippen MR) is 49.8 cm³/mol. The van der Waals surface area contributed by atoms with Gasteiger partial charge in [0.1, 0.15) is 0 Å². The van der Waals surface area contributed by atoms with Crippen molar-refractivity contribution in [1.29, 1.82) is 0 Å². The highest BCUT2D eigenvalue weighted by molar-refractivity contribution is 6.83. The van der Waals surface area contributed by atoms with Gasteiger partial charge in [0.05, 0.1) is 8.07 Å². The fourth-order valence-corrected chi connectivity index (χ4v) is 2.57. The third kappa shape index (κ3) is 1.60. The van der Waals surface area contributed by atoms with Gasteiger partial charge < -0.3 is 0 Å². The molecule has 0 fully saturated rings. The van der Waals surface area contributed by atoms with Gasteiger partial charge in [-0.15, -0.1) is 0 Å². The Morgan fingerprint density at radius 1 is 1.20 bits per heavy atom. The number of hydrogen-bond donors (Lipinski definition) is 0. The van der Waals surface area contributed by atoms with Crippen LogP contribution in [0.25, 0.3) is 0 Å². The first kappa shape index (κ1) is 7.80. The first-order chi connectivity index (χ1) is 4.50. The van der Waals surface area contributed by atoms with Gasteiger partial charge in [-0.25, -0.2) is 0 Å². The average molecular weight is 152 g/mol. The second-order valence-electron chi connectivity index (χ2n) is 4.13. The second kappa shape index (κ2) is 2.39. The molecule has 0 aromatic rings. The van der Waals surface area contributed by atoms with Gasteiger partial charge in [0, 0.05) is 0 Å². The fourth-order valence-electron chi connectivity index (χ4n) is 1.18. The summed E-state index contributed by atoms with van der Waals surface area (Å²) in [6.45, 7) is 9.44. The molecule has 1 heteroatoms. The van der Waals surface area contributed by atoms with E-state index in [4.69, 9.17) is 0 Å². The lowest BCUT2D eigenvalue weighted by atomic mass is 10.3. The fraction of sp³-hybridized carbons (Fsp3) is 0.556. The predicted octanol–water partition coefficient (Wildman–Crippen LogP) is 3.14. The molecule has 0 aromatic heterocycles. The Morgan fingerprint density at radius 2 is 1.80 bits per heavy atom. The van der Waals surface area contributed by atoms with Gasteiger partial charge in [0.25, 0.3) is 0 Å². The highest BCUT2D eigenvalue weighted by Crippen LogP contribution is 2.26. The molecule has 1 aliphatic carbocycles. The van der Waals surface area contributed by atoms with Crippen molar-refractivity contribution in [3.8, 4) is 0 Å². The molecular formula is C9H16Si. The van der Waals surface area contributed by atoms with Crippen LogP contribution in [0.2, 0.25) is 19.6 Å². The molecular weight excluding hydrogens is 136 g/mol. The Balaban J connectivity index is 2.66. The van der Waals surface area contributed by atoms with Crippen LogP contribution in [-0.4, -0.2) is 8.07 Å². The van der Waals surface area contributed by atoms with E-state index in [1.807, 2.05) is 0 Å². The quantitative estimate of drug-likeness (QED) is 0.506. The molecule has 0 nitrogen and oxygen atoms in total. The van der Waals surface area contributed by atoms with Crippen LogP contribution in [0.3, 0.4) is 0 Å². The van der Waals surface area contributed by atoms with E-state index in [-0.39, 0.29) is 0 Å². The van der Waals surface area contributed by atoms with E-state index in [2.05, 4.69) is 38.7 Å². The van der Waals surface area contributed by atoms with Crippen LogP contribution in [0.4, 0.5) is 0 Å². The number of allylic oxidation sites excluding steroid dienone is 4. The zero-order chi connectivity index (χ0) is 7.78. The average Bonchev–Trinajstić information content (AvgIpc) is 2.11. The van der Waals surface area contributed by atoms with Crippen molar-refractivity contribution >= 4 is 8.07 Å². The summed E-state index contributed by atoms with van der Waals surface area (Å²) in [5.41, 5.74) is 1.53. The first-order valence-electron chi connectivity index (χ1n) is 3.87. The summed E-state index contributed by atoms with van der Waals surface area (Å²) in [6, 6.07) is 0. The summed E-state index contributed by atoms with van der Waals surface area (Å²) >= 11 is 0. The molecule has 0 saturated heterocycles. The van der Waals surface area contributed by atoms with Crippen molar-refractivity contribution in [2.24, 2.45) is 0 Å². The van der Waals surface area contributed by atoms with Crippen molar-refractivity contribution in [3.05, 3.63) is 22.9 Å². The van der Waals surface area contributed by atoms with E-state index in [9.17, 15) is 0 Å². The van der Waals surface area contributed by atoms with Crippen LogP contribution in [0, 0.1) is 0 Å². The summed E-state index contributed by atoms with van der Waals surface area (Å²) < 4.78 is 0. The van der Waals surface area contributed by atoms with Crippen molar-refractivity contribution in [1.82, 2.24) is 0 Å². The van der Waals surface area contributed by atoms with Crippen LogP contribution in [-0.2, 0) is 0 Å². The molecule has 1 rings (SSSR count). The van der Waals surface area contributed by atoms with Crippen molar-refractivity contribution in [2.75, 3.05) is 0 Å². The molecule has 0 bridgehead atoms. The zero-order valence-corrected chi connectivity index (χ0v) is 8.36. The van der Waals surface area contributed by atoms with Gasteiger partial charge in [-0.2, -0.15) is 0 Å². The van der Waals surface area contributed by atoms with E-state index in [1.165, 1.54) is 12.0 Å². The van der Waals surface area contributed by atoms with Crippen LogP contribution >= 0.6 is 0 Å². The molecule has 0 saturated carbocycles. The van der Waals surface area contributed by atoms with Crippen LogP contribution < -0.4 is 0 Å². The molecule has 10 heavy (non-hydrogen) atoms. The maximum atomic E-state index is 2.41. The maximum absolute atomic E-state index is 2.41. The normalized spacial score (nSPS) is 18.8. The van der Waals surface area contributed by atoms with E-state index < -0.39 is 8.07 Å². The van der Waals surface area contributed by atoms with Crippen molar-refractivity contribution in [2.45, 2.75) is 33.0 Å². The molecule has 0 unspecified atom stereocenters. The topological polar surface area (TPSA) is 0 Å². The highest BCUT2D eigenvalue weighted by Gasteiger charge is 2.20. The molecule has 1 aliphatic rings. The zero-order valence-electron chi connectivity index (χ0n) is 7.36. The number of hydrogen-bond acceptors (Lipinski definition) is 0. The van der Waals surface area contributed by atoms with Crippen molar-refractivity contribution in [3.63, 3.8) is 0 Å². The molecule has 0 radical (unpaired) electrons. The summed E-state index contributed by atoms with van der Waals surface area (Å²) in [4.78, 5) is 0. The van der Waals surface area contributed by atoms with E-state index >= 15 is 0 Å². The Bertz CT molecular complexity index is 191. The molecule has 56 valence electrons. The van der Waals surface area contributed by atoms with Crippen LogP contribution in [0.5, 0.6) is 0 Å². The Labute approximate surface area is 64.7 Å². The third-order valence-corrected chi connectivity index (χ3v) is 4.27. The third-order valence-electron chi connectivity index (χ3n) is 2.00. The molecule has 0 spiro atoms. The lowest BCUT2D eigenvalue weighted by Crippen LogP contribution is -2.22. The Hall–Kier alpha value is -0.303. The second-order valence-corrected chi connectivity index (χ2v) is 9.27. The molecule has 0 amide bonds. The van der Waals surface area contributed by atoms with E-state index in [0.29, 0.717) is 0 Å². The Kier molecular flexibility index (Phi) is 1.86. The number of rotatable bonds is 1. The molecule has 0 N–H and O–H groups in total. The minimum atomic E-state index is -0.957. The molecule has 0 heterocycles. The molecule has 0 aliphatic heterocycles. The SMILES string of the molecule is CC1=CC=C([Si](C)(C)C)C1. The summed E-state index contributed by atoms with van der Waals surface area (Å²) in [6.07, 6.45) is 5.82. The lowest BCUT2D eigenvalue weighted by molar-refractivity contribution is 1.21. The van der Waals surface area contributed by atoms with E-state index in [1.54, 1.807) is 5.20 Å². The van der Waals surface area contributed by atoms with Gasteiger partial charge in [0.2, 0.25) is 0 Å². The van der Waals surface area contributed by atoms with Gasteiger partial charge in [-0.3, -0.25) is 0 Å². The van der Waals surface area contributed by atoms with Crippen molar-refractivity contribution < 1.29 is 0 Å². The molecule has 0 aromatic carbocycles. The van der Waals surface area contributed by atoms with Gasteiger partial charge >= 0.3 is 0 Å². The Morgan fingerprint density at radius 3 is 2.00 bits per heavy atom. The van der Waals surface area contributed by atoms with Gasteiger partial charge in [-0.1, -0.05) is 42.6 Å². The summed E-state index contributed by atoms with van der Waals surface area (Å²) in [5.74, 6) is 0. The summed E-state index contributed by atoms with van der Waals surface area (Å²) in [5, 5.41) is 1.70. The summed E-state index contributed by atoms with van der Waals surface area (Å²) in [7, 11) is -0.957.